The van der Waals surface area contributed by atoms with Gasteiger partial charge < -0.3 is 10.6 Å². The van der Waals surface area contributed by atoms with Crippen molar-refractivity contribution in [1.29, 1.82) is 0 Å². The average Bonchev–Trinajstić information content (AvgIpc) is 3.10. The minimum Gasteiger partial charge on any atom is -0.334 e. The van der Waals surface area contributed by atoms with Gasteiger partial charge >= 0.3 is 6.03 Å². The largest absolute Gasteiger partial charge is 0.334 e. The molecule has 1 aliphatic rings. The number of amides is 2. The topological polar surface area (TPSA) is 44.4 Å². The van der Waals surface area contributed by atoms with Crippen LogP contribution >= 0.6 is 11.3 Å². The number of hydrogen-bond acceptors (Lipinski definition) is 3. The van der Waals surface area contributed by atoms with Crippen LogP contribution in [-0.2, 0) is 6.54 Å². The van der Waals surface area contributed by atoms with Crippen LogP contribution in [-0.4, -0.2) is 35.6 Å². The van der Waals surface area contributed by atoms with Crippen LogP contribution in [0.2, 0.25) is 0 Å². The van der Waals surface area contributed by atoms with Crippen molar-refractivity contribution in [2.45, 2.75) is 45.3 Å². The molecule has 1 aromatic heterocycles. The molecule has 1 fully saturated rings. The molecule has 0 spiro atoms. The fourth-order valence-electron chi connectivity index (χ4n) is 3.02. The van der Waals surface area contributed by atoms with E-state index in [0.29, 0.717) is 6.54 Å². The van der Waals surface area contributed by atoms with Crippen LogP contribution in [0.5, 0.6) is 0 Å². The van der Waals surface area contributed by atoms with E-state index >= 15 is 0 Å². The van der Waals surface area contributed by atoms with Crippen molar-refractivity contribution >= 4 is 27.5 Å². The third kappa shape index (κ3) is 4.03. The number of nitrogens with zero attached hydrogens (tertiary/aromatic N) is 1. The molecule has 1 unspecified atom stereocenters. The van der Waals surface area contributed by atoms with Crippen LogP contribution in [0, 0.1) is 0 Å². The molecule has 0 bridgehead atoms. The minimum absolute atomic E-state index is 0.0665. The van der Waals surface area contributed by atoms with Gasteiger partial charge in [-0.2, -0.15) is 0 Å². The Labute approximate surface area is 141 Å². The predicted octanol–water partition coefficient (Wildman–Crippen LogP) is 3.57. The van der Waals surface area contributed by atoms with Gasteiger partial charge in [0.2, 0.25) is 0 Å². The highest BCUT2D eigenvalue weighted by Gasteiger charge is 2.30. The smallest absolute Gasteiger partial charge is 0.315 e. The number of thiophene rings is 1. The number of fused-ring (bicyclic) bond motifs is 1. The molecule has 1 atom stereocenters. The van der Waals surface area contributed by atoms with E-state index in [2.05, 4.69) is 54.5 Å². The average molecular weight is 331 g/mol. The van der Waals surface area contributed by atoms with Crippen LogP contribution in [0.15, 0.2) is 30.3 Å². The second-order valence-electron chi connectivity index (χ2n) is 7.18. The lowest BCUT2D eigenvalue weighted by molar-refractivity contribution is 0.170. The van der Waals surface area contributed by atoms with Crippen molar-refractivity contribution in [3.8, 4) is 0 Å². The Bertz CT molecular complexity index is 656. The van der Waals surface area contributed by atoms with Gasteiger partial charge in [0.15, 0.2) is 0 Å². The van der Waals surface area contributed by atoms with Crippen LogP contribution in [0.1, 0.15) is 32.1 Å². The van der Waals surface area contributed by atoms with E-state index in [9.17, 15) is 4.79 Å². The highest BCUT2D eigenvalue weighted by Crippen LogP contribution is 2.25. The van der Waals surface area contributed by atoms with Crippen LogP contribution < -0.4 is 10.6 Å². The number of rotatable bonds is 3. The Morgan fingerprint density at radius 3 is 2.83 bits per heavy atom. The maximum Gasteiger partial charge on any atom is 0.315 e. The van der Waals surface area contributed by atoms with Gasteiger partial charge in [-0.25, -0.2) is 4.79 Å². The molecule has 2 heterocycles. The highest BCUT2D eigenvalue weighted by molar-refractivity contribution is 7.19. The van der Waals surface area contributed by atoms with Gasteiger partial charge in [0.1, 0.15) is 0 Å². The summed E-state index contributed by atoms with van der Waals surface area (Å²) in [5, 5.41) is 7.32. The van der Waals surface area contributed by atoms with E-state index in [4.69, 9.17) is 0 Å². The molecule has 23 heavy (non-hydrogen) atoms. The van der Waals surface area contributed by atoms with Gasteiger partial charge in [-0.1, -0.05) is 18.2 Å². The van der Waals surface area contributed by atoms with Gasteiger partial charge in [0, 0.05) is 34.2 Å². The summed E-state index contributed by atoms with van der Waals surface area (Å²) in [4.78, 5) is 15.7. The van der Waals surface area contributed by atoms with Crippen LogP contribution in [0.3, 0.4) is 0 Å². The Morgan fingerprint density at radius 2 is 2.13 bits per heavy atom. The van der Waals surface area contributed by atoms with E-state index in [1.165, 1.54) is 15.0 Å². The zero-order valence-electron chi connectivity index (χ0n) is 14.1. The standard InChI is InChI=1S/C18H25N3OS/c1-18(2,3)21-9-8-14(12-21)20-17(22)19-11-15-10-13-6-4-5-7-16(13)23-15/h4-7,10,14H,8-9,11-12H2,1-3H3,(H2,19,20,22). The van der Waals surface area contributed by atoms with Crippen molar-refractivity contribution in [2.75, 3.05) is 13.1 Å². The zero-order chi connectivity index (χ0) is 16.4. The summed E-state index contributed by atoms with van der Waals surface area (Å²) in [7, 11) is 0. The van der Waals surface area contributed by atoms with Gasteiger partial charge in [-0.3, -0.25) is 4.90 Å². The Morgan fingerprint density at radius 1 is 1.35 bits per heavy atom. The third-order valence-electron chi connectivity index (χ3n) is 4.37. The number of carbonyl (C=O) groups excluding carboxylic acids is 1. The maximum atomic E-state index is 12.1. The minimum atomic E-state index is -0.0665. The fourth-order valence-corrected chi connectivity index (χ4v) is 4.02. The second-order valence-corrected chi connectivity index (χ2v) is 8.35. The van der Waals surface area contributed by atoms with Gasteiger partial charge in [-0.15, -0.1) is 11.3 Å². The van der Waals surface area contributed by atoms with Gasteiger partial charge in [-0.05, 0) is 44.7 Å². The normalized spacial score (nSPS) is 19.2. The van der Waals surface area contributed by atoms with Gasteiger partial charge in [0.25, 0.3) is 0 Å². The quantitative estimate of drug-likeness (QED) is 0.903. The third-order valence-corrected chi connectivity index (χ3v) is 5.49. The Hall–Kier alpha value is -1.59. The summed E-state index contributed by atoms with van der Waals surface area (Å²) in [6.45, 7) is 9.22. The lowest BCUT2D eigenvalue weighted by Crippen LogP contribution is -2.45. The molecular weight excluding hydrogens is 306 g/mol. The molecule has 0 aliphatic carbocycles. The highest BCUT2D eigenvalue weighted by atomic mass is 32.1. The predicted molar refractivity (Wildman–Crippen MR) is 96.9 cm³/mol. The van der Waals surface area contributed by atoms with Crippen molar-refractivity contribution in [2.24, 2.45) is 0 Å². The molecule has 1 aliphatic heterocycles. The van der Waals surface area contributed by atoms with Crippen LogP contribution in [0.25, 0.3) is 10.1 Å². The first-order valence-corrected chi connectivity index (χ1v) is 9.00. The number of hydrogen-bond donors (Lipinski definition) is 2. The molecule has 3 rings (SSSR count). The monoisotopic (exact) mass is 331 g/mol. The summed E-state index contributed by atoms with van der Waals surface area (Å²) >= 11 is 1.74. The van der Waals surface area contributed by atoms with Crippen molar-refractivity contribution in [1.82, 2.24) is 15.5 Å². The van der Waals surface area contributed by atoms with Crippen LogP contribution in [0.4, 0.5) is 4.79 Å². The maximum absolute atomic E-state index is 12.1. The molecule has 1 aromatic carbocycles. The molecule has 0 saturated carbocycles. The van der Waals surface area contributed by atoms with E-state index in [1.807, 2.05) is 12.1 Å². The van der Waals surface area contributed by atoms with Crippen molar-refractivity contribution < 1.29 is 4.79 Å². The first-order chi connectivity index (χ1) is 10.9. The number of carbonyl (C=O) groups is 1. The van der Waals surface area contributed by atoms with E-state index in [-0.39, 0.29) is 17.6 Å². The molecular formula is C18H25N3OS. The van der Waals surface area contributed by atoms with E-state index in [0.717, 1.165) is 19.5 Å². The molecule has 2 amide bonds. The first-order valence-electron chi connectivity index (χ1n) is 8.19. The van der Waals surface area contributed by atoms with E-state index in [1.54, 1.807) is 11.3 Å². The first kappa shape index (κ1) is 16.3. The lowest BCUT2D eigenvalue weighted by Gasteiger charge is -2.31. The molecule has 2 N–H and O–H groups in total. The lowest BCUT2D eigenvalue weighted by atomic mass is 10.1. The molecule has 5 heteroatoms. The fraction of sp³-hybridized carbons (Fsp3) is 0.500. The summed E-state index contributed by atoms with van der Waals surface area (Å²) in [5.74, 6) is 0. The summed E-state index contributed by atoms with van der Waals surface area (Å²) in [6, 6.07) is 10.6. The molecule has 0 radical (unpaired) electrons. The molecule has 4 nitrogen and oxygen atoms in total. The number of urea groups is 1. The zero-order valence-corrected chi connectivity index (χ0v) is 14.9. The second kappa shape index (κ2) is 6.49. The summed E-state index contributed by atoms with van der Waals surface area (Å²) in [6.07, 6.45) is 1.02. The number of nitrogens with one attached hydrogen (secondary N) is 2. The summed E-state index contributed by atoms with van der Waals surface area (Å²) < 4.78 is 1.27. The number of benzene rings is 1. The number of likely N-dealkylation sites (tertiary alicyclic amines) is 1. The Kier molecular flexibility index (Phi) is 4.60. The molecule has 124 valence electrons. The SMILES string of the molecule is CC(C)(C)N1CCC(NC(=O)NCc2cc3ccccc3s2)C1. The van der Waals surface area contributed by atoms with Gasteiger partial charge in [0.05, 0.1) is 6.54 Å². The van der Waals surface area contributed by atoms with E-state index < -0.39 is 0 Å². The molecule has 1 saturated heterocycles. The summed E-state index contributed by atoms with van der Waals surface area (Å²) in [5.41, 5.74) is 0.171. The Balaban J connectivity index is 1.48. The van der Waals surface area contributed by atoms with Crippen molar-refractivity contribution in [3.05, 3.63) is 35.2 Å². The molecule has 2 aromatic rings. The van der Waals surface area contributed by atoms with Crippen molar-refractivity contribution in [3.63, 3.8) is 0 Å².